The maximum atomic E-state index is 12.1. The summed E-state index contributed by atoms with van der Waals surface area (Å²) in [4.78, 5) is 38.4. The Morgan fingerprint density at radius 3 is 2.44 bits per heavy atom. The molecule has 0 spiro atoms. The number of amides is 1. The summed E-state index contributed by atoms with van der Waals surface area (Å²) >= 11 is 0. The van der Waals surface area contributed by atoms with Crippen LogP contribution in [-0.4, -0.2) is 66.5 Å². The lowest BCUT2D eigenvalue weighted by Crippen LogP contribution is -2.57. The van der Waals surface area contributed by atoms with Crippen molar-refractivity contribution in [1.82, 2.24) is 9.80 Å². The molecule has 0 aliphatic carbocycles. The van der Waals surface area contributed by atoms with E-state index < -0.39 is 0 Å². The lowest BCUT2D eigenvalue weighted by molar-refractivity contribution is -0.150. The fourth-order valence-corrected chi connectivity index (χ4v) is 2.71. The quantitative estimate of drug-likeness (QED) is 0.709. The summed E-state index contributed by atoms with van der Waals surface area (Å²) in [7, 11) is 0. The zero-order valence-corrected chi connectivity index (χ0v) is 14.6. The lowest BCUT2D eigenvalue weighted by Gasteiger charge is -2.40. The second-order valence-corrected chi connectivity index (χ2v) is 6.04. The molecule has 1 aliphatic rings. The van der Waals surface area contributed by atoms with Gasteiger partial charge in [-0.3, -0.25) is 19.3 Å². The van der Waals surface area contributed by atoms with Crippen molar-refractivity contribution in [1.29, 1.82) is 0 Å². The minimum atomic E-state index is -0.383. The van der Waals surface area contributed by atoms with Crippen molar-refractivity contribution in [2.24, 2.45) is 0 Å². The second-order valence-electron chi connectivity index (χ2n) is 6.04. The number of hydrogen-bond acceptors (Lipinski definition) is 6. The first kappa shape index (κ1) is 18.9. The van der Waals surface area contributed by atoms with Crippen molar-refractivity contribution >= 4 is 17.8 Å². The molecule has 25 heavy (non-hydrogen) atoms. The topological polar surface area (TPSA) is 76.2 Å². The van der Waals surface area contributed by atoms with Crippen LogP contribution in [0.25, 0.3) is 0 Å². The summed E-state index contributed by atoms with van der Waals surface area (Å²) in [6, 6.07) is 9.24. The van der Waals surface area contributed by atoms with Gasteiger partial charge in [0.15, 0.2) is 0 Å². The first-order valence-electron chi connectivity index (χ1n) is 8.28. The summed E-state index contributed by atoms with van der Waals surface area (Å²) in [6.07, 6.45) is 0. The predicted molar refractivity (Wildman–Crippen MR) is 90.5 cm³/mol. The molecular weight excluding hydrogens is 324 g/mol. The van der Waals surface area contributed by atoms with Crippen LogP contribution in [-0.2, 0) is 30.5 Å². The second kappa shape index (κ2) is 9.17. The molecule has 0 N–H and O–H groups in total. The van der Waals surface area contributed by atoms with Gasteiger partial charge in [0, 0.05) is 33.5 Å². The van der Waals surface area contributed by atoms with Crippen LogP contribution in [0.2, 0.25) is 0 Å². The molecule has 0 saturated carbocycles. The minimum Gasteiger partial charge on any atom is -0.464 e. The number of hydrogen-bond donors (Lipinski definition) is 0. The summed E-state index contributed by atoms with van der Waals surface area (Å²) in [5, 5.41) is 0. The van der Waals surface area contributed by atoms with E-state index in [9.17, 15) is 14.4 Å². The van der Waals surface area contributed by atoms with Gasteiger partial charge in [-0.15, -0.1) is 0 Å². The number of ether oxygens (including phenoxy) is 2. The number of piperazine rings is 1. The van der Waals surface area contributed by atoms with Gasteiger partial charge in [-0.1, -0.05) is 30.3 Å². The van der Waals surface area contributed by atoms with Gasteiger partial charge in [-0.25, -0.2) is 0 Å². The van der Waals surface area contributed by atoms with Gasteiger partial charge in [0.25, 0.3) is 0 Å². The molecule has 1 aromatic rings. The molecule has 136 valence electrons. The summed E-state index contributed by atoms with van der Waals surface area (Å²) < 4.78 is 10.4. The van der Waals surface area contributed by atoms with Gasteiger partial charge in [-0.2, -0.15) is 0 Å². The average Bonchev–Trinajstić information content (AvgIpc) is 2.59. The number of esters is 2. The van der Waals surface area contributed by atoms with Crippen LogP contribution in [0.15, 0.2) is 30.3 Å². The van der Waals surface area contributed by atoms with Crippen molar-refractivity contribution in [3.8, 4) is 0 Å². The predicted octanol–water partition coefficient (Wildman–Crippen LogP) is 0.826. The molecule has 1 atom stereocenters. The standard InChI is InChI=1S/C18H24N2O5/c1-14(21)19-8-9-20(17(10-19)13-24-15(2)22)11-18(23)25-12-16-6-4-3-5-7-16/h3-7,17H,8-13H2,1-2H3. The number of rotatable bonds is 6. The van der Waals surface area contributed by atoms with Crippen molar-refractivity contribution < 1.29 is 23.9 Å². The Morgan fingerprint density at radius 1 is 1.08 bits per heavy atom. The highest BCUT2D eigenvalue weighted by Crippen LogP contribution is 2.12. The van der Waals surface area contributed by atoms with E-state index in [0.717, 1.165) is 5.56 Å². The first-order valence-corrected chi connectivity index (χ1v) is 8.28. The molecule has 2 rings (SSSR count). The molecule has 1 fully saturated rings. The molecule has 0 radical (unpaired) electrons. The Kier molecular flexibility index (Phi) is 6.94. The maximum absolute atomic E-state index is 12.1. The van der Waals surface area contributed by atoms with Gasteiger partial charge in [0.1, 0.15) is 13.2 Å². The van der Waals surface area contributed by atoms with Crippen LogP contribution in [0.4, 0.5) is 0 Å². The van der Waals surface area contributed by atoms with Crippen molar-refractivity contribution in [2.75, 3.05) is 32.8 Å². The third-order valence-corrected chi connectivity index (χ3v) is 4.10. The van der Waals surface area contributed by atoms with E-state index in [-0.39, 0.29) is 43.6 Å². The van der Waals surface area contributed by atoms with E-state index >= 15 is 0 Å². The van der Waals surface area contributed by atoms with E-state index in [0.29, 0.717) is 19.6 Å². The zero-order valence-electron chi connectivity index (χ0n) is 14.6. The van der Waals surface area contributed by atoms with E-state index in [1.165, 1.54) is 13.8 Å². The van der Waals surface area contributed by atoms with Crippen LogP contribution in [0.1, 0.15) is 19.4 Å². The molecule has 7 nitrogen and oxygen atoms in total. The van der Waals surface area contributed by atoms with Crippen LogP contribution in [0.3, 0.4) is 0 Å². The van der Waals surface area contributed by atoms with Crippen LogP contribution in [0.5, 0.6) is 0 Å². The molecule has 0 aromatic heterocycles. The molecule has 1 amide bonds. The highest BCUT2D eigenvalue weighted by atomic mass is 16.5. The van der Waals surface area contributed by atoms with E-state index in [1.54, 1.807) is 4.90 Å². The van der Waals surface area contributed by atoms with Crippen LogP contribution < -0.4 is 0 Å². The van der Waals surface area contributed by atoms with Crippen molar-refractivity contribution in [2.45, 2.75) is 26.5 Å². The van der Waals surface area contributed by atoms with Crippen LogP contribution in [0, 0.1) is 0 Å². The molecule has 1 heterocycles. The SMILES string of the molecule is CC(=O)OCC1CN(C(C)=O)CCN1CC(=O)OCc1ccccc1. The Labute approximate surface area is 147 Å². The summed E-state index contributed by atoms with van der Waals surface area (Å²) in [5.74, 6) is -0.751. The van der Waals surface area contributed by atoms with Crippen molar-refractivity contribution in [3.05, 3.63) is 35.9 Å². The Balaban J connectivity index is 1.89. The molecule has 1 saturated heterocycles. The third kappa shape index (κ3) is 6.19. The Hall–Kier alpha value is -2.41. The first-order chi connectivity index (χ1) is 12.0. The Morgan fingerprint density at radius 2 is 1.80 bits per heavy atom. The van der Waals surface area contributed by atoms with Crippen molar-refractivity contribution in [3.63, 3.8) is 0 Å². The maximum Gasteiger partial charge on any atom is 0.320 e. The minimum absolute atomic E-state index is 0.0286. The van der Waals surface area contributed by atoms with E-state index in [4.69, 9.17) is 9.47 Å². The van der Waals surface area contributed by atoms with Gasteiger partial charge in [0.2, 0.25) is 5.91 Å². The van der Waals surface area contributed by atoms with E-state index in [1.807, 2.05) is 35.2 Å². The molecule has 1 aliphatic heterocycles. The molecule has 7 heteroatoms. The van der Waals surface area contributed by atoms with Crippen LogP contribution >= 0.6 is 0 Å². The highest BCUT2D eigenvalue weighted by molar-refractivity contribution is 5.74. The lowest BCUT2D eigenvalue weighted by atomic mass is 10.1. The number of nitrogens with zero attached hydrogens (tertiary/aromatic N) is 2. The molecular formula is C18H24N2O5. The number of carbonyl (C=O) groups is 3. The third-order valence-electron chi connectivity index (χ3n) is 4.10. The molecule has 0 bridgehead atoms. The molecule has 1 unspecified atom stereocenters. The Bertz CT molecular complexity index is 605. The summed E-state index contributed by atoms with van der Waals surface area (Å²) in [5.41, 5.74) is 0.925. The number of carbonyl (C=O) groups excluding carboxylic acids is 3. The zero-order chi connectivity index (χ0) is 18.2. The fraction of sp³-hybridized carbons (Fsp3) is 0.500. The molecule has 1 aromatic carbocycles. The average molecular weight is 348 g/mol. The smallest absolute Gasteiger partial charge is 0.320 e. The van der Waals surface area contributed by atoms with Gasteiger partial charge in [-0.05, 0) is 5.56 Å². The van der Waals surface area contributed by atoms with Gasteiger partial charge >= 0.3 is 11.9 Å². The fourth-order valence-electron chi connectivity index (χ4n) is 2.71. The largest absolute Gasteiger partial charge is 0.464 e. The number of benzene rings is 1. The normalized spacial score (nSPS) is 17.8. The summed E-state index contributed by atoms with van der Waals surface area (Å²) in [6.45, 7) is 4.81. The van der Waals surface area contributed by atoms with E-state index in [2.05, 4.69) is 0 Å². The highest BCUT2D eigenvalue weighted by Gasteiger charge is 2.30. The van der Waals surface area contributed by atoms with Gasteiger partial charge in [0.05, 0.1) is 12.6 Å². The van der Waals surface area contributed by atoms with Gasteiger partial charge < -0.3 is 14.4 Å². The monoisotopic (exact) mass is 348 g/mol.